The van der Waals surface area contributed by atoms with Crippen LogP contribution in [0.3, 0.4) is 0 Å². The number of unbranched alkanes of at least 4 members (excludes halogenated alkanes) is 1. The molecular formula is C30H28ClN3O5. The highest BCUT2D eigenvalue weighted by Gasteiger charge is 2.39. The summed E-state index contributed by atoms with van der Waals surface area (Å²) < 4.78 is 5.20. The molecule has 3 aromatic carbocycles. The number of benzene rings is 3. The van der Waals surface area contributed by atoms with Gasteiger partial charge in [-0.3, -0.25) is 14.4 Å². The molecule has 0 unspecified atom stereocenters. The van der Waals surface area contributed by atoms with E-state index in [0.29, 0.717) is 34.8 Å². The van der Waals surface area contributed by atoms with Crippen LogP contribution in [-0.2, 0) is 14.3 Å². The fourth-order valence-electron chi connectivity index (χ4n) is 3.86. The number of hydrogen-bond acceptors (Lipinski definition) is 6. The molecule has 200 valence electrons. The average molecular weight is 546 g/mol. The maximum Gasteiger partial charge on any atom is 0.338 e. The summed E-state index contributed by atoms with van der Waals surface area (Å²) in [6.45, 7) is 6.08. The molecule has 8 nitrogen and oxygen atoms in total. The van der Waals surface area contributed by atoms with Crippen molar-refractivity contribution in [2.75, 3.05) is 22.1 Å². The number of nitrogens with one attached hydrogen (secondary N) is 2. The summed E-state index contributed by atoms with van der Waals surface area (Å²) >= 11 is 6.27. The minimum atomic E-state index is -0.628. The Hall–Kier alpha value is -4.43. The summed E-state index contributed by atoms with van der Waals surface area (Å²) in [5.74, 6) is -2.02. The van der Waals surface area contributed by atoms with Crippen molar-refractivity contribution in [3.8, 4) is 0 Å². The van der Waals surface area contributed by atoms with Crippen LogP contribution in [0.4, 0.5) is 17.1 Å². The minimum absolute atomic E-state index is 0.0655. The predicted molar refractivity (Wildman–Crippen MR) is 151 cm³/mol. The summed E-state index contributed by atoms with van der Waals surface area (Å²) in [5.41, 5.74) is 3.73. The van der Waals surface area contributed by atoms with Gasteiger partial charge in [0.05, 0.1) is 17.9 Å². The van der Waals surface area contributed by atoms with Gasteiger partial charge in [0.15, 0.2) is 0 Å². The second-order valence-electron chi connectivity index (χ2n) is 9.15. The fraction of sp³-hybridized carbons (Fsp3) is 0.200. The monoisotopic (exact) mass is 545 g/mol. The number of aryl methyl sites for hydroxylation is 2. The van der Waals surface area contributed by atoms with Gasteiger partial charge < -0.3 is 15.4 Å². The Bertz CT molecular complexity index is 1460. The lowest BCUT2D eigenvalue weighted by molar-refractivity contribution is -0.120. The van der Waals surface area contributed by atoms with E-state index >= 15 is 0 Å². The van der Waals surface area contributed by atoms with Gasteiger partial charge in [-0.25, -0.2) is 9.69 Å². The van der Waals surface area contributed by atoms with Gasteiger partial charge in [0.25, 0.3) is 17.7 Å². The van der Waals surface area contributed by atoms with E-state index < -0.39 is 23.7 Å². The van der Waals surface area contributed by atoms with Crippen LogP contribution in [0.1, 0.15) is 51.6 Å². The van der Waals surface area contributed by atoms with Crippen molar-refractivity contribution >= 4 is 52.4 Å². The quantitative estimate of drug-likeness (QED) is 0.196. The molecular weight excluding hydrogens is 518 g/mol. The lowest BCUT2D eigenvalue weighted by Crippen LogP contribution is -2.32. The SMILES string of the molecule is CCCCOC(=O)c1ccc(NC(=O)c2ccc(C)c(NC3=C(Cl)C(=O)N(c4ccc(C)cc4)C3=O)c2)cc1. The first kappa shape index (κ1) is 27.6. The highest BCUT2D eigenvalue weighted by atomic mass is 35.5. The number of nitrogens with zero attached hydrogens (tertiary/aromatic N) is 1. The highest BCUT2D eigenvalue weighted by Crippen LogP contribution is 2.31. The number of imide groups is 1. The Morgan fingerprint density at radius 1 is 0.897 bits per heavy atom. The first-order chi connectivity index (χ1) is 18.7. The number of anilines is 3. The molecule has 4 rings (SSSR count). The molecule has 9 heteroatoms. The zero-order valence-corrected chi connectivity index (χ0v) is 22.6. The molecule has 0 radical (unpaired) electrons. The molecule has 0 atom stereocenters. The van der Waals surface area contributed by atoms with E-state index in [1.807, 2.05) is 13.8 Å². The van der Waals surface area contributed by atoms with E-state index in [1.54, 1.807) is 73.7 Å². The number of amides is 3. The van der Waals surface area contributed by atoms with Crippen LogP contribution in [-0.4, -0.2) is 30.3 Å². The smallest absolute Gasteiger partial charge is 0.338 e. The first-order valence-corrected chi connectivity index (χ1v) is 12.9. The van der Waals surface area contributed by atoms with Gasteiger partial charge in [-0.1, -0.05) is 48.7 Å². The third kappa shape index (κ3) is 6.18. The van der Waals surface area contributed by atoms with Gasteiger partial charge in [0.2, 0.25) is 0 Å². The van der Waals surface area contributed by atoms with Crippen molar-refractivity contribution in [3.63, 3.8) is 0 Å². The fourth-order valence-corrected chi connectivity index (χ4v) is 4.07. The molecule has 1 aliphatic rings. The van der Waals surface area contributed by atoms with Crippen LogP contribution < -0.4 is 15.5 Å². The van der Waals surface area contributed by atoms with Crippen molar-refractivity contribution in [1.29, 1.82) is 0 Å². The second kappa shape index (κ2) is 12.0. The van der Waals surface area contributed by atoms with Gasteiger partial charge >= 0.3 is 5.97 Å². The second-order valence-corrected chi connectivity index (χ2v) is 9.52. The predicted octanol–water partition coefficient (Wildman–Crippen LogP) is 5.95. The topological polar surface area (TPSA) is 105 Å². The van der Waals surface area contributed by atoms with Crippen LogP contribution >= 0.6 is 11.6 Å². The molecule has 0 fully saturated rings. The van der Waals surface area contributed by atoms with E-state index in [-0.39, 0.29) is 10.7 Å². The van der Waals surface area contributed by atoms with Gasteiger partial charge in [0, 0.05) is 16.9 Å². The van der Waals surface area contributed by atoms with Crippen LogP contribution in [0.2, 0.25) is 0 Å². The summed E-state index contributed by atoms with van der Waals surface area (Å²) in [7, 11) is 0. The number of carbonyl (C=O) groups is 4. The molecule has 1 heterocycles. The largest absolute Gasteiger partial charge is 0.462 e. The molecule has 0 saturated heterocycles. The molecule has 0 bridgehead atoms. The summed E-state index contributed by atoms with van der Waals surface area (Å²) in [6, 6.07) is 18.3. The summed E-state index contributed by atoms with van der Waals surface area (Å²) in [6.07, 6.45) is 1.73. The van der Waals surface area contributed by atoms with Crippen molar-refractivity contribution in [2.45, 2.75) is 33.6 Å². The molecule has 0 spiro atoms. The highest BCUT2D eigenvalue weighted by molar-refractivity contribution is 6.53. The molecule has 0 saturated carbocycles. The molecule has 1 aliphatic heterocycles. The lowest BCUT2D eigenvalue weighted by Gasteiger charge is -2.16. The number of hydrogen-bond donors (Lipinski definition) is 2. The van der Waals surface area contributed by atoms with E-state index in [1.165, 1.54) is 0 Å². The Morgan fingerprint density at radius 2 is 1.56 bits per heavy atom. The van der Waals surface area contributed by atoms with Crippen LogP contribution in [0, 0.1) is 13.8 Å². The van der Waals surface area contributed by atoms with Gasteiger partial charge in [-0.2, -0.15) is 0 Å². The molecule has 0 aliphatic carbocycles. The number of halogens is 1. The number of carbonyl (C=O) groups excluding carboxylic acids is 4. The van der Waals surface area contributed by atoms with E-state index in [2.05, 4.69) is 10.6 Å². The Morgan fingerprint density at radius 3 is 2.23 bits per heavy atom. The number of rotatable bonds is 9. The summed E-state index contributed by atoms with van der Waals surface area (Å²) in [5, 5.41) is 5.51. The molecule has 0 aromatic heterocycles. The van der Waals surface area contributed by atoms with Crippen molar-refractivity contribution in [2.24, 2.45) is 0 Å². The normalized spacial score (nSPS) is 13.1. The van der Waals surface area contributed by atoms with Crippen LogP contribution in [0.5, 0.6) is 0 Å². The maximum absolute atomic E-state index is 13.1. The van der Waals surface area contributed by atoms with E-state index in [9.17, 15) is 19.2 Å². The van der Waals surface area contributed by atoms with Gasteiger partial charge in [0.1, 0.15) is 10.7 Å². The van der Waals surface area contributed by atoms with E-state index in [4.69, 9.17) is 16.3 Å². The number of esters is 1. The van der Waals surface area contributed by atoms with Gasteiger partial charge in [-0.15, -0.1) is 0 Å². The Labute approximate surface area is 231 Å². The van der Waals surface area contributed by atoms with Crippen LogP contribution in [0.25, 0.3) is 0 Å². The van der Waals surface area contributed by atoms with E-state index in [0.717, 1.165) is 28.9 Å². The zero-order chi connectivity index (χ0) is 28.1. The standard InChI is InChI=1S/C30H28ClN3O5/c1-4-5-16-39-30(38)20-10-12-22(13-11-20)32-27(35)21-9-8-19(3)24(17-21)33-26-25(31)28(36)34(29(26)37)23-14-6-18(2)7-15-23/h6-15,17,33H,4-5,16H2,1-3H3,(H,32,35). The minimum Gasteiger partial charge on any atom is -0.462 e. The van der Waals surface area contributed by atoms with Gasteiger partial charge in [-0.05, 0) is 74.4 Å². The summed E-state index contributed by atoms with van der Waals surface area (Å²) in [4.78, 5) is 52.0. The van der Waals surface area contributed by atoms with Crippen molar-refractivity contribution in [1.82, 2.24) is 0 Å². The molecule has 3 aromatic rings. The number of ether oxygens (including phenoxy) is 1. The van der Waals surface area contributed by atoms with Crippen molar-refractivity contribution in [3.05, 3.63) is 99.7 Å². The van der Waals surface area contributed by atoms with Crippen molar-refractivity contribution < 1.29 is 23.9 Å². The lowest BCUT2D eigenvalue weighted by atomic mass is 10.1. The molecule has 3 amide bonds. The maximum atomic E-state index is 13.1. The van der Waals surface area contributed by atoms with Crippen LogP contribution in [0.15, 0.2) is 77.5 Å². The third-order valence-corrected chi connectivity index (χ3v) is 6.54. The Kier molecular flexibility index (Phi) is 8.46. The zero-order valence-electron chi connectivity index (χ0n) is 21.8. The third-order valence-electron chi connectivity index (χ3n) is 6.19. The average Bonchev–Trinajstić information content (AvgIpc) is 3.13. The Balaban J connectivity index is 1.47. The molecule has 2 N–H and O–H groups in total. The molecule has 39 heavy (non-hydrogen) atoms. The first-order valence-electron chi connectivity index (χ1n) is 12.5.